The molecule has 1 fully saturated rings. The van der Waals surface area contributed by atoms with Gasteiger partial charge in [-0.3, -0.25) is 9.59 Å². The number of ether oxygens (including phenoxy) is 1. The molecule has 0 spiro atoms. The Balaban J connectivity index is 1.54. The maximum absolute atomic E-state index is 13.6. The molecule has 31 heavy (non-hydrogen) atoms. The average molecular weight is 441 g/mol. The minimum Gasteiger partial charge on any atom is -0.383 e. The average Bonchev–Trinajstić information content (AvgIpc) is 3.30. The highest BCUT2D eigenvalue weighted by atomic mass is 32.1. The lowest BCUT2D eigenvalue weighted by Crippen LogP contribution is -2.48. The van der Waals surface area contributed by atoms with Crippen molar-refractivity contribution in [3.05, 3.63) is 57.8 Å². The molecule has 1 saturated carbocycles. The normalized spacial score (nSPS) is 19.1. The zero-order chi connectivity index (χ0) is 21.6. The number of carbonyl (C=O) groups excluding carboxylic acids is 2. The van der Waals surface area contributed by atoms with Gasteiger partial charge in [0.2, 0.25) is 11.8 Å². The number of hydrogen-bond donors (Lipinski definition) is 0. The van der Waals surface area contributed by atoms with E-state index >= 15 is 0 Å². The number of carbonyl (C=O) groups is 2. The summed E-state index contributed by atoms with van der Waals surface area (Å²) in [5, 5.41) is 2.12. The van der Waals surface area contributed by atoms with E-state index in [4.69, 9.17) is 4.74 Å². The van der Waals surface area contributed by atoms with Gasteiger partial charge in [0.1, 0.15) is 0 Å². The Kier molecular flexibility index (Phi) is 7.41. The second-order valence-corrected chi connectivity index (χ2v) is 9.54. The molecule has 2 amide bonds. The predicted molar refractivity (Wildman–Crippen MR) is 123 cm³/mol. The van der Waals surface area contributed by atoms with Crippen LogP contribution in [0.25, 0.3) is 0 Å². The van der Waals surface area contributed by atoms with Crippen LogP contribution in [0.15, 0.2) is 41.8 Å². The van der Waals surface area contributed by atoms with E-state index in [0.29, 0.717) is 19.7 Å². The Hall–Kier alpha value is -2.18. The first-order valence-electron chi connectivity index (χ1n) is 11.4. The summed E-state index contributed by atoms with van der Waals surface area (Å²) in [5.41, 5.74) is 2.34. The molecule has 1 aliphatic heterocycles. The molecule has 1 unspecified atom stereocenters. The van der Waals surface area contributed by atoms with Gasteiger partial charge >= 0.3 is 0 Å². The fraction of sp³-hybridized carbons (Fsp3) is 0.520. The number of benzene rings is 1. The molecule has 1 aromatic carbocycles. The van der Waals surface area contributed by atoms with Gasteiger partial charge < -0.3 is 14.5 Å². The molecule has 0 bridgehead atoms. The van der Waals surface area contributed by atoms with E-state index in [1.165, 1.54) is 16.9 Å². The molecule has 5 nitrogen and oxygen atoms in total. The number of rotatable bonds is 7. The lowest BCUT2D eigenvalue weighted by Gasteiger charge is -2.38. The zero-order valence-corrected chi connectivity index (χ0v) is 19.1. The second kappa shape index (κ2) is 10.4. The van der Waals surface area contributed by atoms with Crippen molar-refractivity contribution in [2.24, 2.45) is 5.92 Å². The topological polar surface area (TPSA) is 49.9 Å². The van der Waals surface area contributed by atoms with E-state index in [0.717, 1.165) is 37.7 Å². The predicted octanol–water partition coefficient (Wildman–Crippen LogP) is 4.28. The molecule has 0 radical (unpaired) electrons. The molecule has 2 aliphatic rings. The molecule has 1 aromatic heterocycles. The Labute approximate surface area is 189 Å². The number of hydrogen-bond acceptors (Lipinski definition) is 4. The summed E-state index contributed by atoms with van der Waals surface area (Å²) in [4.78, 5) is 31.9. The monoisotopic (exact) mass is 440 g/mol. The van der Waals surface area contributed by atoms with E-state index < -0.39 is 0 Å². The molecule has 2 heterocycles. The Morgan fingerprint density at radius 1 is 1.13 bits per heavy atom. The van der Waals surface area contributed by atoms with Crippen molar-refractivity contribution in [2.75, 3.05) is 33.4 Å². The van der Waals surface area contributed by atoms with Crippen LogP contribution in [0, 0.1) is 5.92 Å². The summed E-state index contributed by atoms with van der Waals surface area (Å²) in [7, 11) is 1.64. The minimum atomic E-state index is -0.0854. The highest BCUT2D eigenvalue weighted by molar-refractivity contribution is 7.10. The zero-order valence-electron chi connectivity index (χ0n) is 18.3. The molecule has 1 aliphatic carbocycles. The molecule has 6 heteroatoms. The van der Waals surface area contributed by atoms with Crippen LogP contribution in [0.5, 0.6) is 0 Å². The Morgan fingerprint density at radius 2 is 1.90 bits per heavy atom. The summed E-state index contributed by atoms with van der Waals surface area (Å²) in [5.74, 6) is 0.189. The van der Waals surface area contributed by atoms with Crippen LogP contribution >= 0.6 is 11.3 Å². The van der Waals surface area contributed by atoms with Gasteiger partial charge in [-0.25, -0.2) is 0 Å². The first-order chi connectivity index (χ1) is 15.2. The summed E-state index contributed by atoms with van der Waals surface area (Å²) in [6.07, 6.45) is 6.15. The molecule has 0 N–H and O–H groups in total. The van der Waals surface area contributed by atoms with Crippen molar-refractivity contribution in [1.29, 1.82) is 0 Å². The highest BCUT2D eigenvalue weighted by Gasteiger charge is 2.35. The van der Waals surface area contributed by atoms with Crippen molar-refractivity contribution >= 4 is 23.2 Å². The number of thiophene rings is 1. The van der Waals surface area contributed by atoms with Gasteiger partial charge in [-0.2, -0.15) is 0 Å². The van der Waals surface area contributed by atoms with Crippen molar-refractivity contribution in [3.8, 4) is 0 Å². The third-order valence-corrected chi connectivity index (χ3v) is 7.56. The summed E-state index contributed by atoms with van der Waals surface area (Å²) < 4.78 is 5.25. The van der Waals surface area contributed by atoms with Crippen LogP contribution in [-0.4, -0.2) is 55.0 Å². The smallest absolute Gasteiger partial charge is 0.242 e. The van der Waals surface area contributed by atoms with Crippen LogP contribution in [0.2, 0.25) is 0 Å². The van der Waals surface area contributed by atoms with Gasteiger partial charge in [0.05, 0.1) is 19.2 Å². The van der Waals surface area contributed by atoms with Gasteiger partial charge in [0, 0.05) is 31.0 Å². The van der Waals surface area contributed by atoms with Crippen LogP contribution in [0.1, 0.15) is 54.1 Å². The molecule has 2 aromatic rings. The summed E-state index contributed by atoms with van der Waals surface area (Å²) >= 11 is 1.77. The number of nitrogens with zero attached hydrogens (tertiary/aromatic N) is 2. The van der Waals surface area contributed by atoms with E-state index in [1.807, 2.05) is 23.1 Å². The van der Waals surface area contributed by atoms with Crippen molar-refractivity contribution in [1.82, 2.24) is 9.80 Å². The van der Waals surface area contributed by atoms with E-state index in [2.05, 4.69) is 23.6 Å². The van der Waals surface area contributed by atoms with Gasteiger partial charge in [-0.05, 0) is 41.8 Å². The largest absolute Gasteiger partial charge is 0.383 e. The summed E-state index contributed by atoms with van der Waals surface area (Å²) in [6.45, 7) is 1.72. The Bertz CT molecular complexity index is 876. The first-order valence-corrected chi connectivity index (χ1v) is 12.3. The lowest BCUT2D eigenvalue weighted by atomic mass is 9.88. The molecule has 4 rings (SSSR count). The number of amides is 2. The van der Waals surface area contributed by atoms with Crippen LogP contribution < -0.4 is 0 Å². The molecule has 1 atom stereocenters. The number of fused-ring (bicyclic) bond motifs is 1. The second-order valence-electron chi connectivity index (χ2n) is 8.54. The maximum atomic E-state index is 13.6. The SMILES string of the molecule is COCCN(CC(=O)N1CCc2sccc2C1c1ccccc1)C(=O)C1CCCCC1. The standard InChI is InChI=1S/C25H32N2O3S/c1-30-16-15-26(25(29)20-10-6-3-7-11-20)18-23(28)27-14-12-22-21(13-17-31-22)24(27)19-8-4-2-5-9-19/h2,4-5,8-9,13,17,20,24H,3,6-7,10-12,14-16,18H2,1H3. The molecular formula is C25H32N2O3S. The van der Waals surface area contributed by atoms with Crippen molar-refractivity contribution < 1.29 is 14.3 Å². The number of methoxy groups -OCH3 is 1. The van der Waals surface area contributed by atoms with Crippen LogP contribution in [0.4, 0.5) is 0 Å². The third-order valence-electron chi connectivity index (χ3n) is 6.56. The first kappa shape index (κ1) is 22.0. The fourth-order valence-corrected chi connectivity index (χ4v) is 5.81. The maximum Gasteiger partial charge on any atom is 0.242 e. The van der Waals surface area contributed by atoms with E-state index in [9.17, 15) is 9.59 Å². The van der Waals surface area contributed by atoms with Gasteiger partial charge in [0.25, 0.3) is 0 Å². The van der Waals surface area contributed by atoms with Gasteiger partial charge in [-0.15, -0.1) is 11.3 Å². The minimum absolute atomic E-state index is 0.0194. The molecule has 0 saturated heterocycles. The van der Waals surface area contributed by atoms with Gasteiger partial charge in [0.15, 0.2) is 0 Å². The van der Waals surface area contributed by atoms with Gasteiger partial charge in [-0.1, -0.05) is 49.6 Å². The quantitative estimate of drug-likeness (QED) is 0.646. The van der Waals surface area contributed by atoms with E-state index in [-0.39, 0.29) is 30.3 Å². The Morgan fingerprint density at radius 3 is 2.65 bits per heavy atom. The van der Waals surface area contributed by atoms with Crippen LogP contribution in [0.3, 0.4) is 0 Å². The van der Waals surface area contributed by atoms with Crippen molar-refractivity contribution in [3.63, 3.8) is 0 Å². The summed E-state index contributed by atoms with van der Waals surface area (Å²) in [6, 6.07) is 12.3. The third kappa shape index (κ3) is 5.01. The highest BCUT2D eigenvalue weighted by Crippen LogP contribution is 2.37. The molecule has 166 valence electrons. The van der Waals surface area contributed by atoms with Crippen molar-refractivity contribution in [2.45, 2.75) is 44.6 Å². The fourth-order valence-electron chi connectivity index (χ4n) is 4.91. The molecular weight excluding hydrogens is 408 g/mol. The van der Waals surface area contributed by atoms with Crippen LogP contribution in [-0.2, 0) is 20.7 Å². The van der Waals surface area contributed by atoms with E-state index in [1.54, 1.807) is 23.3 Å². The lowest BCUT2D eigenvalue weighted by molar-refractivity contribution is -0.145.